The third-order valence-electron chi connectivity index (χ3n) is 1.12. The molecule has 1 rings (SSSR count). The molecule has 0 aliphatic carbocycles. The van der Waals surface area contributed by atoms with Crippen molar-refractivity contribution in [1.29, 1.82) is 0 Å². The molecule has 1 aromatic rings. The molecule has 5 heteroatoms. The Labute approximate surface area is 103 Å². The molecule has 0 aliphatic heterocycles. The summed E-state index contributed by atoms with van der Waals surface area (Å²) < 4.78 is 0. The largest absolute Gasteiger partial charge is 2.00 e. The Morgan fingerprint density at radius 3 is 2.00 bits per heavy atom. The monoisotopic (exact) mass is 244 g/mol. The van der Waals surface area contributed by atoms with Crippen LogP contribution in [0.5, 0.6) is 5.75 Å². The van der Waals surface area contributed by atoms with Gasteiger partial charge in [-0.25, -0.2) is 4.79 Å². The molecule has 0 atom stereocenters. The Balaban J connectivity index is 0. The van der Waals surface area contributed by atoms with Crippen molar-refractivity contribution < 1.29 is 41.8 Å². The number of hydrogen-bond donors (Lipinski definition) is 1. The molecule has 0 heterocycles. The minimum atomic E-state index is -1.18. The number of aromatic carboxylic acids is 1. The zero-order valence-electron chi connectivity index (χ0n) is 8.56. The first-order valence-corrected chi connectivity index (χ1v) is 4.10. The van der Waals surface area contributed by atoms with E-state index in [4.69, 9.17) is 5.11 Å². The molecule has 0 saturated heterocycles. The Kier molecular flexibility index (Phi) is 9.37. The van der Waals surface area contributed by atoms with Gasteiger partial charge in [0.25, 0.3) is 0 Å². The molecule has 0 amide bonds. The molecule has 0 fully saturated rings. The van der Waals surface area contributed by atoms with Crippen LogP contribution in [0.3, 0.4) is 0 Å². The van der Waals surface area contributed by atoms with Crippen LogP contribution < -0.4 is 10.2 Å². The average Bonchev–Trinajstić information content (AvgIpc) is 2.03. The quantitative estimate of drug-likeness (QED) is 0.716. The van der Waals surface area contributed by atoms with Crippen molar-refractivity contribution in [3.63, 3.8) is 0 Å². The first kappa shape index (κ1) is 16.6. The molecular formula is C10H12O4Ti. The molecule has 0 unspecified atom stereocenters. The molecule has 0 saturated carbocycles. The summed E-state index contributed by atoms with van der Waals surface area (Å²) in [7, 11) is 0. The molecule has 1 N–H and O–H groups in total. The molecule has 80 valence electrons. The second-order valence-corrected chi connectivity index (χ2v) is 2.85. The summed E-state index contributed by atoms with van der Waals surface area (Å²) in [6.07, 6.45) is -0.417. The number of rotatable bonds is 1. The van der Waals surface area contributed by atoms with Crippen molar-refractivity contribution in [2.45, 2.75) is 20.0 Å². The zero-order chi connectivity index (χ0) is 11.1. The van der Waals surface area contributed by atoms with Gasteiger partial charge in [-0.15, -0.1) is 6.10 Å². The Morgan fingerprint density at radius 1 is 1.33 bits per heavy atom. The summed E-state index contributed by atoms with van der Waals surface area (Å²) in [6.45, 7) is 3.22. The fourth-order valence-corrected chi connectivity index (χ4v) is 0.643. The number of carbonyl (C=O) groups is 1. The topological polar surface area (TPSA) is 83.4 Å². The van der Waals surface area contributed by atoms with E-state index in [1.807, 2.05) is 0 Å². The average molecular weight is 244 g/mol. The van der Waals surface area contributed by atoms with E-state index in [-0.39, 0.29) is 27.3 Å². The summed E-state index contributed by atoms with van der Waals surface area (Å²) in [6, 6.07) is 5.54. The van der Waals surface area contributed by atoms with Gasteiger partial charge in [0.2, 0.25) is 0 Å². The van der Waals surface area contributed by atoms with Gasteiger partial charge in [0.05, 0.1) is 5.56 Å². The minimum absolute atomic E-state index is 0. The number of carboxylic acid groups (broad SMARTS) is 1. The molecule has 0 radical (unpaired) electrons. The van der Waals surface area contributed by atoms with Crippen molar-refractivity contribution >= 4 is 5.97 Å². The standard InChI is InChI=1S/C7H6O3.C3H7O.Ti/c8-6-4-2-1-3-5(6)7(9)10;1-3(2)4;/h1-4,8H,(H,9,10);3H,1-2H3;/q;-1;+2/p-1. The van der Waals surface area contributed by atoms with E-state index >= 15 is 0 Å². The van der Waals surface area contributed by atoms with Crippen LogP contribution in [0.2, 0.25) is 0 Å². The summed E-state index contributed by atoms with van der Waals surface area (Å²) in [5.41, 5.74) is -0.178. The fourth-order valence-electron chi connectivity index (χ4n) is 0.643. The maximum absolute atomic E-state index is 10.7. The summed E-state index contributed by atoms with van der Waals surface area (Å²) in [5, 5.41) is 28.6. The van der Waals surface area contributed by atoms with Gasteiger partial charge in [0.1, 0.15) is 0 Å². The first-order chi connectivity index (χ1) is 6.45. The van der Waals surface area contributed by atoms with Crippen molar-refractivity contribution in [3.05, 3.63) is 29.8 Å². The van der Waals surface area contributed by atoms with Crippen LogP contribution in [-0.4, -0.2) is 17.2 Å². The zero-order valence-corrected chi connectivity index (χ0v) is 10.1. The van der Waals surface area contributed by atoms with Crippen molar-refractivity contribution in [2.24, 2.45) is 0 Å². The number of carboxylic acids is 1. The van der Waals surface area contributed by atoms with E-state index < -0.39 is 17.8 Å². The predicted octanol–water partition coefficient (Wildman–Crippen LogP) is 0.211. The van der Waals surface area contributed by atoms with Gasteiger partial charge in [-0.05, 0) is 6.07 Å². The SMILES string of the molecule is CC(C)[O-].O=C(O)c1ccccc1[O-].[Ti+2]. The molecule has 0 spiro atoms. The van der Waals surface area contributed by atoms with Crippen molar-refractivity contribution in [3.8, 4) is 5.75 Å². The van der Waals surface area contributed by atoms with E-state index in [0.717, 1.165) is 0 Å². The molecule has 15 heavy (non-hydrogen) atoms. The normalized spacial score (nSPS) is 8.53. The van der Waals surface area contributed by atoms with E-state index in [0.29, 0.717) is 0 Å². The van der Waals surface area contributed by atoms with Gasteiger partial charge in [-0.1, -0.05) is 37.8 Å². The van der Waals surface area contributed by atoms with Crippen LogP contribution in [0.4, 0.5) is 0 Å². The van der Waals surface area contributed by atoms with Crippen LogP contribution in [-0.2, 0) is 21.7 Å². The van der Waals surface area contributed by atoms with Gasteiger partial charge >= 0.3 is 27.7 Å². The molecule has 1 aromatic carbocycles. The van der Waals surface area contributed by atoms with E-state index in [1.165, 1.54) is 24.3 Å². The van der Waals surface area contributed by atoms with Gasteiger partial charge in [-0.3, -0.25) is 0 Å². The minimum Gasteiger partial charge on any atom is -0.872 e. The Hall–Kier alpha value is -0.836. The Morgan fingerprint density at radius 2 is 1.73 bits per heavy atom. The first-order valence-electron chi connectivity index (χ1n) is 4.10. The molecule has 0 aromatic heterocycles. The Bertz CT molecular complexity index is 296. The van der Waals surface area contributed by atoms with Crippen LogP contribution in [0.1, 0.15) is 24.2 Å². The predicted molar refractivity (Wildman–Crippen MR) is 48.0 cm³/mol. The van der Waals surface area contributed by atoms with Crippen LogP contribution in [0.25, 0.3) is 0 Å². The smallest absolute Gasteiger partial charge is 0.872 e. The summed E-state index contributed by atoms with van der Waals surface area (Å²) >= 11 is 0. The van der Waals surface area contributed by atoms with Crippen LogP contribution >= 0.6 is 0 Å². The van der Waals surface area contributed by atoms with Gasteiger partial charge in [0.15, 0.2) is 0 Å². The van der Waals surface area contributed by atoms with E-state index in [1.54, 1.807) is 13.8 Å². The van der Waals surface area contributed by atoms with Gasteiger partial charge < -0.3 is 15.3 Å². The van der Waals surface area contributed by atoms with E-state index in [9.17, 15) is 15.0 Å². The maximum Gasteiger partial charge on any atom is 2.00 e. The van der Waals surface area contributed by atoms with E-state index in [2.05, 4.69) is 0 Å². The summed E-state index contributed by atoms with van der Waals surface area (Å²) in [4.78, 5) is 10.2. The molecule has 4 nitrogen and oxygen atoms in total. The molecular weight excluding hydrogens is 232 g/mol. The summed E-state index contributed by atoms with van der Waals surface area (Å²) in [5.74, 6) is -1.62. The van der Waals surface area contributed by atoms with Crippen LogP contribution in [0, 0.1) is 0 Å². The third-order valence-corrected chi connectivity index (χ3v) is 1.12. The van der Waals surface area contributed by atoms with Crippen LogP contribution in [0.15, 0.2) is 24.3 Å². The molecule has 0 aliphatic rings. The fraction of sp³-hybridized carbons (Fsp3) is 0.300. The maximum atomic E-state index is 10.7. The number of benzene rings is 1. The second-order valence-electron chi connectivity index (χ2n) is 2.85. The van der Waals surface area contributed by atoms with Gasteiger partial charge in [-0.2, -0.15) is 0 Å². The second kappa shape index (κ2) is 8.47. The third kappa shape index (κ3) is 8.18. The van der Waals surface area contributed by atoms with Crippen molar-refractivity contribution in [1.82, 2.24) is 0 Å². The van der Waals surface area contributed by atoms with Gasteiger partial charge in [0, 0.05) is 0 Å². The molecule has 0 bridgehead atoms. The number of para-hydroxylation sites is 1. The number of hydrogen-bond acceptors (Lipinski definition) is 3. The van der Waals surface area contributed by atoms with Crippen molar-refractivity contribution in [2.75, 3.05) is 0 Å².